The molecule has 0 saturated carbocycles. The smallest absolute Gasteiger partial charge is 0.407 e. The zero-order valence-electron chi connectivity index (χ0n) is 22.3. The van der Waals surface area contributed by atoms with E-state index in [4.69, 9.17) is 28.5 Å². The van der Waals surface area contributed by atoms with Gasteiger partial charge in [0.05, 0.1) is 50.0 Å². The fraction of sp³-hybridized carbons (Fsp3) is 0.519. The zero-order chi connectivity index (χ0) is 28.4. The Hall–Kier alpha value is -2.78. The van der Waals surface area contributed by atoms with Gasteiger partial charge in [0.15, 0.2) is 6.10 Å². The van der Waals surface area contributed by atoms with Crippen LogP contribution in [0.5, 0.6) is 5.75 Å². The van der Waals surface area contributed by atoms with Gasteiger partial charge in [0.1, 0.15) is 12.5 Å². The minimum absolute atomic E-state index is 0.0307. The van der Waals surface area contributed by atoms with Crippen LogP contribution in [0, 0.1) is 0 Å². The number of alkyl carbamates (subject to hydrolysis) is 1. The molecule has 40 heavy (non-hydrogen) atoms. The SMILES string of the molecule is COc1ccc(S(=O)(=O)N(CC(O)C(Cc2ccccc2)NC(=O)OC2COCOC2)OC2CCOCC2)cc1. The Labute approximate surface area is 234 Å². The average molecular weight is 581 g/mol. The lowest BCUT2D eigenvalue weighted by Gasteiger charge is -2.32. The molecule has 2 heterocycles. The summed E-state index contributed by atoms with van der Waals surface area (Å²) in [6.45, 7) is 0.921. The number of hydrogen-bond donors (Lipinski definition) is 2. The van der Waals surface area contributed by atoms with Crippen LogP contribution in [0.15, 0.2) is 59.5 Å². The summed E-state index contributed by atoms with van der Waals surface area (Å²) >= 11 is 0. The summed E-state index contributed by atoms with van der Waals surface area (Å²) in [5.74, 6) is 0.496. The number of methoxy groups -OCH3 is 1. The van der Waals surface area contributed by atoms with E-state index in [1.54, 1.807) is 0 Å². The van der Waals surface area contributed by atoms with Crippen molar-refractivity contribution in [3.63, 3.8) is 0 Å². The number of nitrogens with zero attached hydrogens (tertiary/aromatic N) is 1. The van der Waals surface area contributed by atoms with Gasteiger partial charge >= 0.3 is 6.09 Å². The second-order valence-corrected chi connectivity index (χ2v) is 11.3. The van der Waals surface area contributed by atoms with E-state index >= 15 is 0 Å². The fourth-order valence-corrected chi connectivity index (χ4v) is 5.61. The van der Waals surface area contributed by atoms with E-state index in [2.05, 4.69) is 5.32 Å². The number of hydrogen-bond acceptors (Lipinski definition) is 10. The molecule has 0 radical (unpaired) electrons. The number of nitrogens with one attached hydrogen (secondary N) is 1. The van der Waals surface area contributed by atoms with E-state index in [0.29, 0.717) is 31.8 Å². The van der Waals surface area contributed by atoms with Crippen molar-refractivity contribution < 1.29 is 46.8 Å². The number of rotatable bonds is 12. The number of aliphatic hydroxyl groups excluding tert-OH is 1. The number of ether oxygens (including phenoxy) is 5. The molecule has 0 spiro atoms. The predicted molar refractivity (Wildman–Crippen MR) is 142 cm³/mol. The van der Waals surface area contributed by atoms with Crippen molar-refractivity contribution in [2.45, 2.75) is 48.5 Å². The Morgan fingerprint density at radius 1 is 1.02 bits per heavy atom. The Balaban J connectivity index is 1.54. The molecule has 2 fully saturated rings. The van der Waals surface area contributed by atoms with Crippen molar-refractivity contribution in [1.82, 2.24) is 9.79 Å². The lowest BCUT2D eigenvalue weighted by atomic mass is 10.0. The Morgan fingerprint density at radius 2 is 1.70 bits per heavy atom. The minimum Gasteiger partial charge on any atom is -0.497 e. The van der Waals surface area contributed by atoms with Crippen molar-refractivity contribution >= 4 is 16.1 Å². The molecule has 2 unspecified atom stereocenters. The first kappa shape index (κ1) is 30.2. The van der Waals surface area contributed by atoms with Crippen molar-refractivity contribution in [1.29, 1.82) is 0 Å². The predicted octanol–water partition coefficient (Wildman–Crippen LogP) is 1.87. The normalized spacial score (nSPS) is 18.7. The molecule has 2 atom stereocenters. The lowest BCUT2D eigenvalue weighted by Crippen LogP contribution is -2.52. The summed E-state index contributed by atoms with van der Waals surface area (Å²) in [6, 6.07) is 14.2. The molecule has 13 heteroatoms. The molecule has 1 amide bonds. The highest BCUT2D eigenvalue weighted by Crippen LogP contribution is 2.24. The summed E-state index contributed by atoms with van der Waals surface area (Å²) in [4.78, 5) is 18.7. The molecule has 0 bridgehead atoms. The third kappa shape index (κ3) is 8.61. The second-order valence-electron chi connectivity index (χ2n) is 9.48. The van der Waals surface area contributed by atoms with Crippen LogP contribution in [-0.4, -0.2) is 95.3 Å². The number of hydroxylamine groups is 1. The molecule has 220 valence electrons. The van der Waals surface area contributed by atoms with Crippen LogP contribution in [0.3, 0.4) is 0 Å². The highest BCUT2D eigenvalue weighted by molar-refractivity contribution is 7.89. The van der Waals surface area contributed by atoms with Crippen LogP contribution >= 0.6 is 0 Å². The number of benzene rings is 2. The van der Waals surface area contributed by atoms with Gasteiger partial charge in [-0.1, -0.05) is 34.8 Å². The summed E-state index contributed by atoms with van der Waals surface area (Å²) in [5.41, 5.74) is 0.825. The number of aliphatic hydroxyl groups is 1. The standard InChI is InChI=1S/C27H36N2O10S/c1-34-21-7-9-24(10-8-21)40(32,33)29(39-22-11-13-35-14-12-22)16-26(30)25(15-20-5-3-2-4-6-20)28-27(31)38-23-17-36-19-37-18-23/h2-10,22-23,25-26,30H,11-19H2,1H3,(H,28,31). The van der Waals surface area contributed by atoms with Gasteiger partial charge in [-0.2, -0.15) is 0 Å². The summed E-state index contributed by atoms with van der Waals surface area (Å²) in [5, 5.41) is 14.1. The maximum atomic E-state index is 13.7. The molecular weight excluding hydrogens is 544 g/mol. The largest absolute Gasteiger partial charge is 0.497 e. The Bertz CT molecular complexity index is 1150. The molecule has 2 aromatic carbocycles. The van der Waals surface area contributed by atoms with Gasteiger partial charge in [0.25, 0.3) is 10.0 Å². The lowest BCUT2D eigenvalue weighted by molar-refractivity contribution is -0.170. The highest BCUT2D eigenvalue weighted by atomic mass is 32.2. The summed E-state index contributed by atoms with van der Waals surface area (Å²) in [6.07, 6.45) is -1.98. The maximum Gasteiger partial charge on any atom is 0.407 e. The van der Waals surface area contributed by atoms with Gasteiger partial charge in [-0.15, -0.1) is 0 Å². The Kier molecular flexibility index (Phi) is 11.1. The average Bonchev–Trinajstić information content (AvgIpc) is 2.98. The first-order valence-electron chi connectivity index (χ1n) is 13.1. The van der Waals surface area contributed by atoms with Crippen LogP contribution in [0.2, 0.25) is 0 Å². The molecule has 4 rings (SSSR count). The van der Waals surface area contributed by atoms with Crippen molar-refractivity contribution in [2.24, 2.45) is 0 Å². The van der Waals surface area contributed by atoms with E-state index in [9.17, 15) is 18.3 Å². The van der Waals surface area contributed by atoms with E-state index in [-0.39, 0.29) is 31.3 Å². The highest BCUT2D eigenvalue weighted by Gasteiger charge is 2.34. The third-order valence-electron chi connectivity index (χ3n) is 6.51. The van der Waals surface area contributed by atoms with Gasteiger partial charge in [0.2, 0.25) is 0 Å². The summed E-state index contributed by atoms with van der Waals surface area (Å²) in [7, 11) is -2.71. The molecular formula is C27H36N2O10S. The van der Waals surface area contributed by atoms with Crippen LogP contribution in [0.1, 0.15) is 18.4 Å². The van der Waals surface area contributed by atoms with Gasteiger partial charge in [-0.3, -0.25) is 4.84 Å². The number of amides is 1. The van der Waals surface area contributed by atoms with Crippen molar-refractivity contribution in [3.8, 4) is 5.75 Å². The van der Waals surface area contributed by atoms with E-state index in [0.717, 1.165) is 10.0 Å². The van der Waals surface area contributed by atoms with Crippen molar-refractivity contribution in [2.75, 3.05) is 46.9 Å². The molecule has 0 aromatic heterocycles. The minimum atomic E-state index is -4.20. The first-order chi connectivity index (χ1) is 19.3. The molecule has 2 saturated heterocycles. The summed E-state index contributed by atoms with van der Waals surface area (Å²) < 4.78 is 54.4. The maximum absolute atomic E-state index is 13.7. The molecule has 2 N–H and O–H groups in total. The second kappa shape index (κ2) is 14.7. The molecule has 2 aliphatic rings. The molecule has 2 aromatic rings. The molecule has 0 aliphatic carbocycles. The monoisotopic (exact) mass is 580 g/mol. The van der Waals surface area contributed by atoms with Crippen LogP contribution in [-0.2, 0) is 40.2 Å². The van der Waals surface area contributed by atoms with Gasteiger partial charge in [-0.25, -0.2) is 13.2 Å². The van der Waals surface area contributed by atoms with Gasteiger partial charge in [-0.05, 0) is 49.1 Å². The molecule has 12 nitrogen and oxygen atoms in total. The number of sulfonamides is 1. The van der Waals surface area contributed by atoms with Crippen LogP contribution in [0.25, 0.3) is 0 Å². The first-order valence-corrected chi connectivity index (χ1v) is 14.5. The van der Waals surface area contributed by atoms with Crippen LogP contribution in [0.4, 0.5) is 4.79 Å². The topological polar surface area (TPSA) is 142 Å². The zero-order valence-corrected chi connectivity index (χ0v) is 23.2. The molecule has 2 aliphatic heterocycles. The van der Waals surface area contributed by atoms with Gasteiger partial charge in [0, 0.05) is 13.2 Å². The quantitative estimate of drug-likeness (QED) is 0.357. The Morgan fingerprint density at radius 3 is 2.35 bits per heavy atom. The van der Waals surface area contributed by atoms with Crippen LogP contribution < -0.4 is 10.1 Å². The fourth-order valence-electron chi connectivity index (χ4n) is 4.31. The third-order valence-corrected chi connectivity index (χ3v) is 8.15. The number of carbonyl (C=O) groups is 1. The van der Waals surface area contributed by atoms with Gasteiger partial charge < -0.3 is 34.1 Å². The van der Waals surface area contributed by atoms with E-state index < -0.39 is 47.0 Å². The van der Waals surface area contributed by atoms with E-state index in [1.807, 2.05) is 30.3 Å². The van der Waals surface area contributed by atoms with Crippen molar-refractivity contribution in [3.05, 3.63) is 60.2 Å². The number of carbonyl (C=O) groups excluding carboxylic acids is 1. The van der Waals surface area contributed by atoms with E-state index in [1.165, 1.54) is 31.4 Å².